The number of nitrogens with zero attached hydrogens (tertiary/aromatic N) is 2. The fraction of sp³-hybridized carbons (Fsp3) is 0.400. The summed E-state index contributed by atoms with van der Waals surface area (Å²) in [7, 11) is 1.55. The largest absolute Gasteiger partial charge is 0.393 e. The standard InChI is InChI=1S/C10H14N4O5/c1-19-4-2-3-12-8-5-7(11)9(13(15)16)6-10(8)14(17)18/h5-6,12H,2-4,11H2,1H3. The van der Waals surface area contributed by atoms with Gasteiger partial charge in [0.1, 0.15) is 11.4 Å². The quantitative estimate of drug-likeness (QED) is 0.332. The summed E-state index contributed by atoms with van der Waals surface area (Å²) in [5, 5.41) is 24.4. The molecule has 0 radical (unpaired) electrons. The Kier molecular flexibility index (Phi) is 5.01. The van der Waals surface area contributed by atoms with Gasteiger partial charge in [-0.25, -0.2) is 0 Å². The van der Waals surface area contributed by atoms with E-state index < -0.39 is 15.5 Å². The molecule has 0 aliphatic carbocycles. The van der Waals surface area contributed by atoms with Gasteiger partial charge in [-0.1, -0.05) is 0 Å². The zero-order chi connectivity index (χ0) is 14.4. The molecular formula is C10H14N4O5. The van der Waals surface area contributed by atoms with Gasteiger partial charge in [-0.15, -0.1) is 0 Å². The molecule has 19 heavy (non-hydrogen) atoms. The second-order valence-electron chi connectivity index (χ2n) is 3.72. The summed E-state index contributed by atoms with van der Waals surface area (Å²) < 4.78 is 4.84. The molecule has 0 aromatic heterocycles. The third-order valence-electron chi connectivity index (χ3n) is 2.38. The molecule has 0 aliphatic rings. The first kappa shape index (κ1) is 14.6. The lowest BCUT2D eigenvalue weighted by molar-refractivity contribution is -0.393. The Balaban J connectivity index is 2.99. The van der Waals surface area contributed by atoms with Crippen LogP contribution in [0.5, 0.6) is 0 Å². The van der Waals surface area contributed by atoms with Crippen molar-refractivity contribution in [3.05, 3.63) is 32.4 Å². The Morgan fingerprint density at radius 2 is 1.89 bits per heavy atom. The summed E-state index contributed by atoms with van der Waals surface area (Å²) in [5.74, 6) is 0. The van der Waals surface area contributed by atoms with Gasteiger partial charge in [-0.3, -0.25) is 20.2 Å². The summed E-state index contributed by atoms with van der Waals surface area (Å²) in [5.41, 5.74) is 4.67. The van der Waals surface area contributed by atoms with Crippen LogP contribution in [0.1, 0.15) is 6.42 Å². The highest BCUT2D eigenvalue weighted by atomic mass is 16.6. The van der Waals surface area contributed by atoms with E-state index in [0.29, 0.717) is 19.6 Å². The molecule has 1 aromatic carbocycles. The Morgan fingerprint density at radius 3 is 2.42 bits per heavy atom. The van der Waals surface area contributed by atoms with Crippen LogP contribution in [0.4, 0.5) is 22.7 Å². The van der Waals surface area contributed by atoms with Gasteiger partial charge >= 0.3 is 0 Å². The number of methoxy groups -OCH3 is 1. The van der Waals surface area contributed by atoms with E-state index in [9.17, 15) is 20.2 Å². The van der Waals surface area contributed by atoms with E-state index in [1.54, 1.807) is 7.11 Å². The Bertz CT molecular complexity index is 491. The van der Waals surface area contributed by atoms with Crippen molar-refractivity contribution in [2.75, 3.05) is 31.3 Å². The average molecular weight is 270 g/mol. The molecule has 0 amide bonds. The van der Waals surface area contributed by atoms with Crippen molar-refractivity contribution in [3.8, 4) is 0 Å². The Labute approximate surface area is 108 Å². The number of benzene rings is 1. The lowest BCUT2D eigenvalue weighted by atomic mass is 10.2. The van der Waals surface area contributed by atoms with Gasteiger partial charge < -0.3 is 15.8 Å². The SMILES string of the molecule is COCCCNc1cc(N)c([N+](=O)[O-])cc1[N+](=O)[O-]. The minimum Gasteiger partial charge on any atom is -0.393 e. The second-order valence-corrected chi connectivity index (χ2v) is 3.72. The van der Waals surface area contributed by atoms with Crippen LogP contribution in [0, 0.1) is 20.2 Å². The Morgan fingerprint density at radius 1 is 1.26 bits per heavy atom. The monoisotopic (exact) mass is 270 g/mol. The fourth-order valence-corrected chi connectivity index (χ4v) is 1.48. The van der Waals surface area contributed by atoms with Crippen molar-refractivity contribution < 1.29 is 14.6 Å². The Hall–Kier alpha value is -2.42. The lowest BCUT2D eigenvalue weighted by Crippen LogP contribution is -2.08. The zero-order valence-electron chi connectivity index (χ0n) is 10.3. The van der Waals surface area contributed by atoms with Crippen LogP contribution >= 0.6 is 0 Å². The van der Waals surface area contributed by atoms with Crippen LogP contribution < -0.4 is 11.1 Å². The highest BCUT2D eigenvalue weighted by Crippen LogP contribution is 2.34. The summed E-state index contributed by atoms with van der Waals surface area (Å²) >= 11 is 0. The summed E-state index contributed by atoms with van der Waals surface area (Å²) in [6.45, 7) is 0.940. The van der Waals surface area contributed by atoms with E-state index >= 15 is 0 Å². The number of nitrogens with one attached hydrogen (secondary N) is 1. The number of nitro groups is 2. The number of hydrogen-bond donors (Lipinski definition) is 2. The molecule has 1 aromatic rings. The van der Waals surface area contributed by atoms with E-state index in [1.165, 1.54) is 6.07 Å². The van der Waals surface area contributed by atoms with E-state index in [2.05, 4.69) is 5.32 Å². The third kappa shape index (κ3) is 3.78. The van der Waals surface area contributed by atoms with Gasteiger partial charge in [0.2, 0.25) is 0 Å². The molecule has 0 aliphatic heterocycles. The maximum Gasteiger partial charge on any atom is 0.299 e. The van der Waals surface area contributed by atoms with Crippen molar-refractivity contribution in [2.45, 2.75) is 6.42 Å². The number of anilines is 2. The molecular weight excluding hydrogens is 256 g/mol. The average Bonchev–Trinajstić information content (AvgIpc) is 2.33. The first-order valence-electron chi connectivity index (χ1n) is 5.42. The molecule has 9 heteroatoms. The predicted molar refractivity (Wildman–Crippen MR) is 69.1 cm³/mol. The number of hydrogen-bond acceptors (Lipinski definition) is 7. The molecule has 0 unspecified atom stereocenters. The smallest absolute Gasteiger partial charge is 0.299 e. The van der Waals surface area contributed by atoms with Crippen LogP contribution in [-0.4, -0.2) is 30.1 Å². The minimum absolute atomic E-state index is 0.121. The maximum absolute atomic E-state index is 10.9. The highest BCUT2D eigenvalue weighted by Gasteiger charge is 2.22. The summed E-state index contributed by atoms with van der Waals surface area (Å²) in [6, 6.07) is 2.05. The molecule has 9 nitrogen and oxygen atoms in total. The molecule has 3 N–H and O–H groups in total. The molecule has 0 saturated carbocycles. The van der Waals surface area contributed by atoms with Crippen LogP contribution in [0.3, 0.4) is 0 Å². The number of nitrogen functional groups attached to an aromatic ring is 1. The van der Waals surface area contributed by atoms with Gasteiger partial charge in [0.25, 0.3) is 11.4 Å². The van der Waals surface area contributed by atoms with Crippen molar-refractivity contribution in [1.29, 1.82) is 0 Å². The number of nitro benzene ring substituents is 2. The number of ether oxygens (including phenoxy) is 1. The predicted octanol–water partition coefficient (Wildman–Crippen LogP) is 1.53. The van der Waals surface area contributed by atoms with Gasteiger partial charge in [0.15, 0.2) is 0 Å². The molecule has 0 atom stereocenters. The number of rotatable bonds is 7. The van der Waals surface area contributed by atoms with Crippen LogP contribution in [0.2, 0.25) is 0 Å². The van der Waals surface area contributed by atoms with Crippen molar-refractivity contribution in [2.24, 2.45) is 0 Å². The molecule has 0 heterocycles. The zero-order valence-corrected chi connectivity index (χ0v) is 10.3. The molecule has 104 valence electrons. The van der Waals surface area contributed by atoms with E-state index in [1.807, 2.05) is 0 Å². The van der Waals surface area contributed by atoms with Crippen LogP contribution in [0.15, 0.2) is 12.1 Å². The molecule has 1 rings (SSSR count). The first-order chi connectivity index (χ1) is 8.97. The van der Waals surface area contributed by atoms with Crippen LogP contribution in [0.25, 0.3) is 0 Å². The van der Waals surface area contributed by atoms with Crippen molar-refractivity contribution in [1.82, 2.24) is 0 Å². The van der Waals surface area contributed by atoms with Gasteiger partial charge in [-0.2, -0.15) is 0 Å². The second kappa shape index (κ2) is 6.50. The van der Waals surface area contributed by atoms with Crippen molar-refractivity contribution >= 4 is 22.7 Å². The first-order valence-corrected chi connectivity index (χ1v) is 5.42. The van der Waals surface area contributed by atoms with Gasteiger partial charge in [0.05, 0.1) is 15.9 Å². The highest BCUT2D eigenvalue weighted by molar-refractivity contribution is 5.75. The minimum atomic E-state index is -0.753. The van der Waals surface area contributed by atoms with E-state index in [-0.39, 0.29) is 17.1 Å². The van der Waals surface area contributed by atoms with E-state index in [4.69, 9.17) is 10.5 Å². The van der Waals surface area contributed by atoms with Crippen molar-refractivity contribution in [3.63, 3.8) is 0 Å². The normalized spacial score (nSPS) is 10.2. The summed E-state index contributed by atoms with van der Waals surface area (Å²) in [4.78, 5) is 20.1. The van der Waals surface area contributed by atoms with Gasteiger partial charge in [-0.05, 0) is 12.5 Å². The maximum atomic E-state index is 10.9. The third-order valence-corrected chi connectivity index (χ3v) is 2.38. The van der Waals surface area contributed by atoms with Gasteiger partial charge in [0, 0.05) is 20.3 Å². The molecule has 0 bridgehead atoms. The lowest BCUT2D eigenvalue weighted by Gasteiger charge is -2.08. The molecule has 0 saturated heterocycles. The topological polar surface area (TPSA) is 134 Å². The van der Waals surface area contributed by atoms with Crippen LogP contribution in [-0.2, 0) is 4.74 Å². The number of nitrogens with two attached hydrogens (primary N) is 1. The van der Waals surface area contributed by atoms with E-state index in [0.717, 1.165) is 6.07 Å². The molecule has 0 spiro atoms. The summed E-state index contributed by atoms with van der Waals surface area (Å²) in [6.07, 6.45) is 0.643. The molecule has 0 fully saturated rings. The fourth-order valence-electron chi connectivity index (χ4n) is 1.48.